The average Bonchev–Trinajstić information content (AvgIpc) is 3.19. The Balaban J connectivity index is 1.68. The number of aromatic nitrogens is 2. The molecule has 0 saturated heterocycles. The third-order valence-electron chi connectivity index (χ3n) is 4.19. The van der Waals surface area contributed by atoms with Crippen LogP contribution in [0.15, 0.2) is 54.7 Å². The summed E-state index contributed by atoms with van der Waals surface area (Å²) in [6.45, 7) is 2.08. The van der Waals surface area contributed by atoms with E-state index in [0.717, 1.165) is 27.6 Å². The summed E-state index contributed by atoms with van der Waals surface area (Å²) >= 11 is 0. The zero-order valence-electron chi connectivity index (χ0n) is 15.6. The van der Waals surface area contributed by atoms with Gasteiger partial charge in [0.25, 0.3) is 0 Å². The minimum atomic E-state index is -0.964. The fourth-order valence-corrected chi connectivity index (χ4v) is 2.77. The Morgan fingerprint density at radius 1 is 1.25 bits per heavy atom. The Morgan fingerprint density at radius 2 is 2.04 bits per heavy atom. The van der Waals surface area contributed by atoms with Crippen LogP contribution in [0.5, 0.6) is 0 Å². The molecule has 1 amide bonds. The lowest BCUT2D eigenvalue weighted by atomic mass is 10.1. The average molecular weight is 379 g/mol. The van der Waals surface area contributed by atoms with Crippen LogP contribution >= 0.6 is 0 Å². The second-order valence-corrected chi connectivity index (χ2v) is 6.24. The molecule has 1 atom stereocenters. The number of rotatable bonds is 6. The normalized spacial score (nSPS) is 12.1. The van der Waals surface area contributed by atoms with Crippen molar-refractivity contribution in [2.24, 2.45) is 0 Å². The number of hydrogen-bond donors (Lipinski definition) is 2. The highest BCUT2D eigenvalue weighted by Crippen LogP contribution is 2.19. The molecule has 3 rings (SSSR count). The van der Waals surface area contributed by atoms with E-state index in [2.05, 4.69) is 15.5 Å². The summed E-state index contributed by atoms with van der Waals surface area (Å²) in [5, 5.41) is 10.4. The molecule has 0 fully saturated rings. The van der Waals surface area contributed by atoms with Crippen LogP contribution in [-0.2, 0) is 20.9 Å². The molecule has 1 aromatic heterocycles. The Bertz CT molecular complexity index is 995. The van der Waals surface area contributed by atoms with Crippen molar-refractivity contribution < 1.29 is 19.1 Å². The van der Waals surface area contributed by atoms with Gasteiger partial charge in [0, 0.05) is 5.39 Å². The lowest BCUT2D eigenvalue weighted by molar-refractivity contribution is -0.141. The van der Waals surface area contributed by atoms with Gasteiger partial charge in [-0.15, -0.1) is 0 Å². The van der Waals surface area contributed by atoms with Crippen molar-refractivity contribution in [3.63, 3.8) is 0 Å². The van der Waals surface area contributed by atoms with E-state index < -0.39 is 18.1 Å². The molecule has 2 N–H and O–H groups in total. The molecule has 7 nitrogen and oxygen atoms in total. The van der Waals surface area contributed by atoms with Gasteiger partial charge in [-0.3, -0.25) is 5.10 Å². The number of carbonyl (C=O) groups is 2. The van der Waals surface area contributed by atoms with E-state index in [1.54, 1.807) is 18.3 Å². The molecule has 1 heterocycles. The van der Waals surface area contributed by atoms with Gasteiger partial charge in [-0.2, -0.15) is 5.10 Å². The van der Waals surface area contributed by atoms with Crippen molar-refractivity contribution >= 4 is 29.0 Å². The highest BCUT2D eigenvalue weighted by atomic mass is 16.6. The van der Waals surface area contributed by atoms with Crippen LogP contribution in [0.25, 0.3) is 17.0 Å². The van der Waals surface area contributed by atoms with Crippen LogP contribution in [0.4, 0.5) is 4.79 Å². The molecule has 28 heavy (non-hydrogen) atoms. The minimum Gasteiger partial charge on any atom is -0.467 e. The maximum Gasteiger partial charge on any atom is 0.408 e. The van der Waals surface area contributed by atoms with E-state index in [4.69, 9.17) is 9.47 Å². The van der Waals surface area contributed by atoms with Gasteiger partial charge < -0.3 is 14.8 Å². The van der Waals surface area contributed by atoms with Crippen LogP contribution in [-0.4, -0.2) is 35.4 Å². The van der Waals surface area contributed by atoms with Gasteiger partial charge in [0.2, 0.25) is 0 Å². The highest BCUT2D eigenvalue weighted by molar-refractivity contribution is 5.86. The van der Waals surface area contributed by atoms with Crippen LogP contribution in [0.3, 0.4) is 0 Å². The maximum absolute atomic E-state index is 12.1. The van der Waals surface area contributed by atoms with Gasteiger partial charge in [0.15, 0.2) is 0 Å². The molecule has 144 valence electrons. The van der Waals surface area contributed by atoms with Gasteiger partial charge in [0.05, 0.1) is 18.8 Å². The number of aryl methyl sites for hydroxylation is 1. The smallest absolute Gasteiger partial charge is 0.408 e. The number of nitrogens with zero attached hydrogens (tertiary/aromatic N) is 1. The number of alkyl carbamates (subject to hydrolysis) is 1. The number of fused-ring (bicyclic) bond motifs is 1. The summed E-state index contributed by atoms with van der Waals surface area (Å²) in [7, 11) is 1.27. The fourth-order valence-electron chi connectivity index (χ4n) is 2.77. The lowest BCUT2D eigenvalue weighted by Gasteiger charge is -2.13. The molecule has 3 aromatic rings. The number of nitrogens with one attached hydrogen (secondary N) is 2. The van der Waals surface area contributed by atoms with Gasteiger partial charge in [0.1, 0.15) is 12.6 Å². The fraction of sp³-hybridized carbons (Fsp3) is 0.190. The van der Waals surface area contributed by atoms with Crippen LogP contribution in [0.1, 0.15) is 16.7 Å². The van der Waals surface area contributed by atoms with Gasteiger partial charge in [-0.1, -0.05) is 42.5 Å². The summed E-state index contributed by atoms with van der Waals surface area (Å²) in [5.74, 6) is -0.589. The Morgan fingerprint density at radius 3 is 2.79 bits per heavy atom. The molecule has 1 unspecified atom stereocenters. The first-order valence-electron chi connectivity index (χ1n) is 8.74. The number of amides is 1. The summed E-state index contributed by atoms with van der Waals surface area (Å²) in [5.41, 5.74) is 3.72. The molecule has 0 aliphatic rings. The highest BCUT2D eigenvalue weighted by Gasteiger charge is 2.19. The SMILES string of the molecule is COC(=O)C(/C=C/c1cc(C)c2[nH]ncc2c1)NC(=O)OCc1ccccc1. The van der Waals surface area contributed by atoms with Crippen LogP contribution < -0.4 is 5.32 Å². The largest absolute Gasteiger partial charge is 0.467 e. The first-order valence-corrected chi connectivity index (χ1v) is 8.74. The summed E-state index contributed by atoms with van der Waals surface area (Å²) in [6, 6.07) is 12.2. The van der Waals surface area contributed by atoms with Crippen molar-refractivity contribution in [2.75, 3.05) is 7.11 Å². The van der Waals surface area contributed by atoms with E-state index in [1.165, 1.54) is 7.11 Å². The predicted molar refractivity (Wildman–Crippen MR) is 105 cm³/mol. The molecular formula is C21H21N3O4. The van der Waals surface area contributed by atoms with Crippen molar-refractivity contribution in [2.45, 2.75) is 19.6 Å². The maximum atomic E-state index is 12.1. The van der Waals surface area contributed by atoms with Crippen LogP contribution in [0.2, 0.25) is 0 Å². The molecule has 7 heteroatoms. The molecule has 0 spiro atoms. The molecule has 0 bridgehead atoms. The molecular weight excluding hydrogens is 358 g/mol. The Labute approximate surface area is 162 Å². The van der Waals surface area contributed by atoms with Crippen molar-refractivity contribution in [3.8, 4) is 0 Å². The standard InChI is InChI=1S/C21H21N3O4/c1-14-10-16(11-17-12-22-24-19(14)17)8-9-18(20(25)27-2)23-21(26)28-13-15-6-4-3-5-7-15/h3-12,18H,13H2,1-2H3,(H,22,24)(H,23,26)/b9-8+. The van der Waals surface area contributed by atoms with E-state index in [9.17, 15) is 9.59 Å². The first-order chi connectivity index (χ1) is 13.6. The van der Waals surface area contributed by atoms with Crippen molar-refractivity contribution in [1.29, 1.82) is 0 Å². The number of ether oxygens (including phenoxy) is 2. The van der Waals surface area contributed by atoms with E-state index in [1.807, 2.05) is 49.4 Å². The first kappa shape index (κ1) is 19.2. The van der Waals surface area contributed by atoms with Crippen molar-refractivity contribution in [1.82, 2.24) is 15.5 Å². The number of methoxy groups -OCH3 is 1. The van der Waals surface area contributed by atoms with E-state index in [0.29, 0.717) is 0 Å². The van der Waals surface area contributed by atoms with Gasteiger partial charge >= 0.3 is 12.1 Å². The lowest BCUT2D eigenvalue weighted by Crippen LogP contribution is -2.40. The molecule has 0 radical (unpaired) electrons. The molecule has 0 aliphatic carbocycles. The predicted octanol–water partition coefficient (Wildman–Crippen LogP) is 3.35. The second-order valence-electron chi connectivity index (χ2n) is 6.24. The number of hydrogen-bond acceptors (Lipinski definition) is 5. The summed E-state index contributed by atoms with van der Waals surface area (Å²) in [6.07, 6.45) is 4.34. The number of benzene rings is 2. The van der Waals surface area contributed by atoms with E-state index >= 15 is 0 Å². The quantitative estimate of drug-likeness (QED) is 0.641. The number of carbonyl (C=O) groups excluding carboxylic acids is 2. The third kappa shape index (κ3) is 4.76. The second kappa shape index (κ2) is 8.85. The van der Waals surface area contributed by atoms with E-state index in [-0.39, 0.29) is 6.61 Å². The Kier molecular flexibility index (Phi) is 6.06. The zero-order chi connectivity index (χ0) is 19.9. The zero-order valence-corrected chi connectivity index (χ0v) is 15.6. The number of esters is 1. The van der Waals surface area contributed by atoms with Crippen LogP contribution in [0, 0.1) is 6.92 Å². The monoisotopic (exact) mass is 379 g/mol. The molecule has 0 saturated carbocycles. The topological polar surface area (TPSA) is 93.3 Å². The number of H-pyrrole nitrogens is 1. The molecule has 2 aromatic carbocycles. The third-order valence-corrected chi connectivity index (χ3v) is 4.19. The summed E-state index contributed by atoms with van der Waals surface area (Å²) < 4.78 is 9.94. The van der Waals surface area contributed by atoms with Crippen molar-refractivity contribution in [3.05, 3.63) is 71.4 Å². The number of aromatic amines is 1. The Hall–Kier alpha value is -3.61. The van der Waals surface area contributed by atoms with Gasteiger partial charge in [-0.25, -0.2) is 9.59 Å². The van der Waals surface area contributed by atoms with Gasteiger partial charge in [-0.05, 0) is 35.7 Å². The minimum absolute atomic E-state index is 0.112. The summed E-state index contributed by atoms with van der Waals surface area (Å²) in [4.78, 5) is 24.1. The molecule has 0 aliphatic heterocycles.